The van der Waals surface area contributed by atoms with Crippen LogP contribution in [-0.4, -0.2) is 16.9 Å². The first kappa shape index (κ1) is 8.90. The molecule has 1 saturated heterocycles. The van der Waals surface area contributed by atoms with Crippen LogP contribution in [0.5, 0.6) is 0 Å². The molecule has 1 heterocycles. The summed E-state index contributed by atoms with van der Waals surface area (Å²) in [5.41, 5.74) is 0. The molecule has 0 N–H and O–H groups in total. The molecule has 3 nitrogen and oxygen atoms in total. The van der Waals surface area contributed by atoms with Gasteiger partial charge in [0.25, 0.3) is 0 Å². The summed E-state index contributed by atoms with van der Waals surface area (Å²) in [4.78, 5) is 0. The van der Waals surface area contributed by atoms with Crippen LogP contribution in [0.2, 0.25) is 0 Å². The Morgan fingerprint density at radius 3 is 3.00 bits per heavy atom. The Balaban J connectivity index is 2.53. The molecule has 1 rings (SSSR count). The Morgan fingerprint density at radius 1 is 1.64 bits per heavy atom. The first-order valence-corrected chi connectivity index (χ1v) is 4.59. The molecule has 0 aliphatic carbocycles. The minimum absolute atomic E-state index is 0.0606. The standard InChI is InChI=1S/C7H12O3S/c1-3-4-7-6(2)5-9-11(8)10-7/h3-4,6-7H,5H2,1-2H3/b4-3+/t6-,7-,11?/m1/s1. The summed E-state index contributed by atoms with van der Waals surface area (Å²) in [7, 11) is 0. The second-order valence-electron chi connectivity index (χ2n) is 2.55. The van der Waals surface area contributed by atoms with E-state index in [0.717, 1.165) is 0 Å². The lowest BCUT2D eigenvalue weighted by molar-refractivity contribution is 0.0895. The average molecular weight is 176 g/mol. The third-order valence-electron chi connectivity index (χ3n) is 1.56. The van der Waals surface area contributed by atoms with Crippen LogP contribution in [0.15, 0.2) is 12.2 Å². The Kier molecular flexibility index (Phi) is 3.23. The molecule has 0 aromatic rings. The van der Waals surface area contributed by atoms with E-state index in [-0.39, 0.29) is 12.0 Å². The minimum atomic E-state index is -1.54. The van der Waals surface area contributed by atoms with Crippen LogP contribution in [0.4, 0.5) is 0 Å². The van der Waals surface area contributed by atoms with E-state index in [1.807, 2.05) is 26.0 Å². The van der Waals surface area contributed by atoms with Gasteiger partial charge in [0.1, 0.15) is 0 Å². The topological polar surface area (TPSA) is 35.5 Å². The third-order valence-corrected chi connectivity index (χ3v) is 2.27. The van der Waals surface area contributed by atoms with Crippen LogP contribution >= 0.6 is 0 Å². The molecular weight excluding hydrogens is 164 g/mol. The highest BCUT2D eigenvalue weighted by Gasteiger charge is 2.24. The highest BCUT2D eigenvalue weighted by Crippen LogP contribution is 2.17. The van der Waals surface area contributed by atoms with Gasteiger partial charge in [0, 0.05) is 5.92 Å². The zero-order valence-electron chi connectivity index (χ0n) is 6.65. The first-order chi connectivity index (χ1) is 5.24. The largest absolute Gasteiger partial charge is 0.305 e. The van der Waals surface area contributed by atoms with Crippen molar-refractivity contribution in [3.05, 3.63) is 12.2 Å². The summed E-state index contributed by atoms with van der Waals surface area (Å²) < 4.78 is 20.5. The molecular formula is C7H12O3S. The minimum Gasteiger partial charge on any atom is -0.268 e. The van der Waals surface area contributed by atoms with E-state index < -0.39 is 11.4 Å². The Hall–Kier alpha value is -0.190. The van der Waals surface area contributed by atoms with Crippen molar-refractivity contribution in [2.24, 2.45) is 5.92 Å². The lowest BCUT2D eigenvalue weighted by Gasteiger charge is -2.24. The van der Waals surface area contributed by atoms with Gasteiger partial charge in [-0.3, -0.25) is 8.37 Å². The highest BCUT2D eigenvalue weighted by atomic mass is 32.2. The average Bonchev–Trinajstić information content (AvgIpc) is 1.98. The normalized spacial score (nSPS) is 39.6. The highest BCUT2D eigenvalue weighted by molar-refractivity contribution is 7.75. The molecule has 3 atom stereocenters. The fourth-order valence-electron chi connectivity index (χ4n) is 0.882. The molecule has 64 valence electrons. The van der Waals surface area contributed by atoms with Gasteiger partial charge < -0.3 is 0 Å². The lowest BCUT2D eigenvalue weighted by atomic mass is 10.1. The second kappa shape index (κ2) is 3.99. The summed E-state index contributed by atoms with van der Waals surface area (Å²) in [6.07, 6.45) is 3.73. The zero-order valence-corrected chi connectivity index (χ0v) is 7.47. The molecule has 1 fully saturated rings. The molecule has 0 radical (unpaired) electrons. The molecule has 4 heteroatoms. The van der Waals surface area contributed by atoms with E-state index in [0.29, 0.717) is 6.61 Å². The van der Waals surface area contributed by atoms with Crippen molar-refractivity contribution < 1.29 is 12.6 Å². The summed E-state index contributed by atoms with van der Waals surface area (Å²) in [6, 6.07) is 0. The van der Waals surface area contributed by atoms with Crippen LogP contribution in [0.1, 0.15) is 13.8 Å². The van der Waals surface area contributed by atoms with Crippen molar-refractivity contribution >= 4 is 11.4 Å². The predicted octanol–water partition coefficient (Wildman–Crippen LogP) is 1.19. The third kappa shape index (κ3) is 2.39. The molecule has 0 amide bonds. The monoisotopic (exact) mass is 176 g/mol. The van der Waals surface area contributed by atoms with Crippen LogP contribution in [0, 0.1) is 5.92 Å². The van der Waals surface area contributed by atoms with Crippen molar-refractivity contribution in [1.82, 2.24) is 0 Å². The van der Waals surface area contributed by atoms with Crippen LogP contribution in [-0.2, 0) is 19.7 Å². The Morgan fingerprint density at radius 2 is 2.36 bits per heavy atom. The van der Waals surface area contributed by atoms with Crippen molar-refractivity contribution in [2.45, 2.75) is 20.0 Å². The molecule has 1 aliphatic rings. The van der Waals surface area contributed by atoms with Gasteiger partial charge >= 0.3 is 11.4 Å². The molecule has 11 heavy (non-hydrogen) atoms. The molecule has 0 saturated carbocycles. The number of hydrogen-bond donors (Lipinski definition) is 0. The number of hydrogen-bond acceptors (Lipinski definition) is 3. The maximum Gasteiger partial charge on any atom is 0.305 e. The SMILES string of the molecule is C/C=C/[C@H]1OS(=O)OC[C@H]1C. The van der Waals surface area contributed by atoms with Gasteiger partial charge in [-0.25, -0.2) is 0 Å². The van der Waals surface area contributed by atoms with Crippen molar-refractivity contribution in [2.75, 3.05) is 6.61 Å². The fraction of sp³-hybridized carbons (Fsp3) is 0.714. The summed E-state index contributed by atoms with van der Waals surface area (Å²) >= 11 is -1.54. The van der Waals surface area contributed by atoms with E-state index in [1.54, 1.807) is 0 Å². The molecule has 0 bridgehead atoms. The van der Waals surface area contributed by atoms with Crippen molar-refractivity contribution in [3.63, 3.8) is 0 Å². The van der Waals surface area contributed by atoms with Crippen molar-refractivity contribution in [1.29, 1.82) is 0 Å². The van der Waals surface area contributed by atoms with Gasteiger partial charge in [-0.05, 0) is 6.92 Å². The number of allylic oxidation sites excluding steroid dienone is 1. The quantitative estimate of drug-likeness (QED) is 0.563. The van der Waals surface area contributed by atoms with Crippen LogP contribution in [0.25, 0.3) is 0 Å². The lowest BCUT2D eigenvalue weighted by Crippen LogP contribution is -2.31. The van der Waals surface area contributed by atoms with Gasteiger partial charge in [-0.1, -0.05) is 19.1 Å². The predicted molar refractivity (Wildman–Crippen MR) is 42.9 cm³/mol. The molecule has 0 aromatic heterocycles. The van der Waals surface area contributed by atoms with Gasteiger partial charge in [0.15, 0.2) is 0 Å². The van der Waals surface area contributed by atoms with E-state index in [9.17, 15) is 4.21 Å². The van der Waals surface area contributed by atoms with Gasteiger partial charge in [-0.2, -0.15) is 4.21 Å². The van der Waals surface area contributed by atoms with Gasteiger partial charge in [0.05, 0.1) is 12.7 Å². The molecule has 1 unspecified atom stereocenters. The molecule has 0 aromatic carbocycles. The van der Waals surface area contributed by atoms with E-state index in [1.165, 1.54) is 0 Å². The summed E-state index contributed by atoms with van der Waals surface area (Å²) in [5, 5.41) is 0. The summed E-state index contributed by atoms with van der Waals surface area (Å²) in [5.74, 6) is 0.281. The second-order valence-corrected chi connectivity index (χ2v) is 3.39. The fourth-order valence-corrected chi connectivity index (χ4v) is 1.70. The smallest absolute Gasteiger partial charge is 0.268 e. The number of rotatable bonds is 1. The van der Waals surface area contributed by atoms with Crippen LogP contribution in [0.3, 0.4) is 0 Å². The van der Waals surface area contributed by atoms with Gasteiger partial charge in [0.2, 0.25) is 0 Å². The molecule has 1 aliphatic heterocycles. The van der Waals surface area contributed by atoms with Gasteiger partial charge in [-0.15, -0.1) is 0 Å². The van der Waals surface area contributed by atoms with E-state index in [2.05, 4.69) is 0 Å². The van der Waals surface area contributed by atoms with E-state index in [4.69, 9.17) is 8.37 Å². The summed E-state index contributed by atoms with van der Waals surface area (Å²) in [6.45, 7) is 4.41. The van der Waals surface area contributed by atoms with Crippen LogP contribution < -0.4 is 0 Å². The first-order valence-electron chi connectivity index (χ1n) is 3.59. The maximum absolute atomic E-state index is 10.7. The Bertz CT molecular complexity index is 179. The van der Waals surface area contributed by atoms with Crippen molar-refractivity contribution in [3.8, 4) is 0 Å². The Labute approximate surface area is 69.3 Å². The zero-order chi connectivity index (χ0) is 8.27. The van der Waals surface area contributed by atoms with E-state index >= 15 is 0 Å². The molecule has 0 spiro atoms. The maximum atomic E-state index is 10.7.